The summed E-state index contributed by atoms with van der Waals surface area (Å²) in [6, 6.07) is 25.2. The molecule has 0 bridgehead atoms. The topological polar surface area (TPSA) is 177 Å². The first-order chi connectivity index (χ1) is 22.9. The van der Waals surface area contributed by atoms with Gasteiger partial charge < -0.3 is 27.4 Å². The summed E-state index contributed by atoms with van der Waals surface area (Å²) in [6.45, 7) is 0. The van der Waals surface area contributed by atoms with Crippen LogP contribution in [0.4, 0.5) is 0 Å². The van der Waals surface area contributed by atoms with Crippen LogP contribution in [0.1, 0.15) is 0 Å². The first-order valence-electron chi connectivity index (χ1n) is 14.1. The zero-order valence-electron chi connectivity index (χ0n) is 25.1. The molecule has 8 rings (SSSR count). The normalized spacial score (nSPS) is 11.0. The van der Waals surface area contributed by atoms with Crippen molar-refractivity contribution in [3.05, 3.63) is 106 Å². The number of ether oxygens (including phenoxy) is 2. The average Bonchev–Trinajstić information content (AvgIpc) is 3.92. The van der Waals surface area contributed by atoms with Gasteiger partial charge in [0.15, 0.2) is 0 Å². The molecule has 4 heterocycles. The molecule has 0 atom stereocenters. The average molecular weight is 633 g/mol. The summed E-state index contributed by atoms with van der Waals surface area (Å²) in [6.07, 6.45) is 0. The van der Waals surface area contributed by atoms with Gasteiger partial charge in [-0.3, -0.25) is 0 Å². The number of aryl methyl sites for hydroxylation is 1. The first kappa shape index (κ1) is 29.0. The van der Waals surface area contributed by atoms with Gasteiger partial charge in [-0.2, -0.15) is 0 Å². The number of methoxy groups -OCH3 is 2. The monoisotopic (exact) mass is 632 g/mol. The van der Waals surface area contributed by atoms with Crippen LogP contribution in [-0.2, 0) is 7.05 Å². The quantitative estimate of drug-likeness (QED) is 0.237. The predicted molar refractivity (Wildman–Crippen MR) is 169 cm³/mol. The van der Waals surface area contributed by atoms with E-state index in [1.807, 2.05) is 48.5 Å². The minimum atomic E-state index is -0.439. The number of rotatable bonds is 6. The van der Waals surface area contributed by atoms with Gasteiger partial charge in [0, 0.05) is 18.2 Å². The van der Waals surface area contributed by atoms with Crippen LogP contribution in [0.3, 0.4) is 0 Å². The Balaban J connectivity index is 0.000000150. The maximum atomic E-state index is 11.8. The molecule has 14 nitrogen and oxygen atoms in total. The molecule has 0 fully saturated rings. The molecule has 0 amide bonds. The van der Waals surface area contributed by atoms with Crippen LogP contribution in [0, 0.1) is 0 Å². The highest BCUT2D eigenvalue weighted by Crippen LogP contribution is 2.32. The third kappa shape index (κ3) is 5.44. The van der Waals surface area contributed by atoms with Crippen molar-refractivity contribution in [2.45, 2.75) is 0 Å². The number of hydrogen-bond donors (Lipinski definition) is 1. The molecule has 0 aliphatic carbocycles. The minimum absolute atomic E-state index is 0.313. The molecule has 234 valence electrons. The molecule has 47 heavy (non-hydrogen) atoms. The number of nitrogens with zero attached hydrogens (tertiary/aromatic N) is 5. The lowest BCUT2D eigenvalue weighted by atomic mass is 10.1. The number of fused-ring (bicyclic) bond motifs is 2. The second-order valence-electron chi connectivity index (χ2n) is 10.1. The summed E-state index contributed by atoms with van der Waals surface area (Å²) >= 11 is 0. The maximum Gasteiger partial charge on any atom is 0.365 e. The van der Waals surface area contributed by atoms with E-state index >= 15 is 0 Å². The van der Waals surface area contributed by atoms with Gasteiger partial charge in [-0.1, -0.05) is 24.3 Å². The second-order valence-corrected chi connectivity index (χ2v) is 10.1. The summed E-state index contributed by atoms with van der Waals surface area (Å²) in [5.74, 6) is 2.62. The number of benzene rings is 4. The van der Waals surface area contributed by atoms with E-state index in [2.05, 4.69) is 25.6 Å². The molecular formula is C33H24N6O8. The molecule has 0 aliphatic heterocycles. The fourth-order valence-corrected chi connectivity index (χ4v) is 4.96. The molecule has 0 spiro atoms. The fourth-order valence-electron chi connectivity index (χ4n) is 4.96. The van der Waals surface area contributed by atoms with Crippen molar-refractivity contribution >= 4 is 21.8 Å². The lowest BCUT2D eigenvalue weighted by Crippen LogP contribution is -1.91. The van der Waals surface area contributed by atoms with E-state index in [1.165, 1.54) is 4.74 Å². The minimum Gasteiger partial charge on any atom is -0.496 e. The van der Waals surface area contributed by atoms with Crippen LogP contribution in [0.15, 0.2) is 112 Å². The molecule has 0 saturated heterocycles. The number of para-hydroxylation sites is 2. The summed E-state index contributed by atoms with van der Waals surface area (Å²) in [7, 11) is 4.84. The molecule has 4 aromatic heterocycles. The lowest BCUT2D eigenvalue weighted by molar-refractivity contribution is 0.296. The molecule has 0 unspecified atom stereocenters. The van der Waals surface area contributed by atoms with Gasteiger partial charge >= 0.3 is 11.3 Å². The molecule has 1 N–H and O–H groups in total. The highest BCUT2D eigenvalue weighted by molar-refractivity contribution is 5.83. The van der Waals surface area contributed by atoms with Gasteiger partial charge in [-0.25, -0.2) is 19.5 Å². The van der Waals surface area contributed by atoms with Gasteiger partial charge in [-0.15, -0.1) is 20.4 Å². The van der Waals surface area contributed by atoms with E-state index in [0.29, 0.717) is 79.1 Å². The number of aromatic amines is 1. The van der Waals surface area contributed by atoms with Crippen molar-refractivity contribution in [2.75, 3.05) is 14.2 Å². The van der Waals surface area contributed by atoms with Crippen molar-refractivity contribution in [1.29, 1.82) is 0 Å². The van der Waals surface area contributed by atoms with Crippen molar-refractivity contribution in [2.24, 2.45) is 7.05 Å². The van der Waals surface area contributed by atoms with E-state index in [9.17, 15) is 9.59 Å². The molecule has 14 heteroatoms. The number of hydrogen-bond acceptors (Lipinski definition) is 12. The van der Waals surface area contributed by atoms with Crippen molar-refractivity contribution < 1.29 is 27.4 Å². The molecular weight excluding hydrogens is 608 g/mol. The Bertz CT molecular complexity index is 2480. The number of H-pyrrole nitrogens is 1. The van der Waals surface area contributed by atoms with Gasteiger partial charge in [-0.05, 0) is 60.7 Å². The highest BCUT2D eigenvalue weighted by Gasteiger charge is 2.17. The van der Waals surface area contributed by atoms with Gasteiger partial charge in [0.2, 0.25) is 11.8 Å². The van der Waals surface area contributed by atoms with E-state index in [-0.39, 0.29) is 0 Å². The van der Waals surface area contributed by atoms with Crippen molar-refractivity contribution in [3.63, 3.8) is 0 Å². The van der Waals surface area contributed by atoms with Crippen LogP contribution in [0.5, 0.6) is 11.5 Å². The van der Waals surface area contributed by atoms with E-state index in [1.54, 1.807) is 57.7 Å². The first-order valence-corrected chi connectivity index (χ1v) is 14.1. The maximum absolute atomic E-state index is 11.8. The molecule has 0 saturated carbocycles. The van der Waals surface area contributed by atoms with Gasteiger partial charge in [0.25, 0.3) is 11.8 Å². The second kappa shape index (κ2) is 12.0. The Kier molecular flexibility index (Phi) is 7.42. The summed E-state index contributed by atoms with van der Waals surface area (Å²) < 4.78 is 33.3. The fraction of sp³-hybridized carbons (Fsp3) is 0.0909. The molecule has 0 aliphatic rings. The third-order valence-electron chi connectivity index (χ3n) is 7.29. The Labute approximate surface area is 263 Å². The summed E-state index contributed by atoms with van der Waals surface area (Å²) in [4.78, 5) is 23.4. The van der Waals surface area contributed by atoms with E-state index in [0.717, 1.165) is 0 Å². The van der Waals surface area contributed by atoms with Crippen molar-refractivity contribution in [3.8, 4) is 57.3 Å². The van der Waals surface area contributed by atoms with Crippen LogP contribution in [-0.4, -0.2) is 44.5 Å². The van der Waals surface area contributed by atoms with Crippen molar-refractivity contribution in [1.82, 2.24) is 30.3 Å². The van der Waals surface area contributed by atoms with E-state index < -0.39 is 11.3 Å². The zero-order chi connectivity index (χ0) is 32.5. The Morgan fingerprint density at radius 3 is 1.77 bits per heavy atom. The van der Waals surface area contributed by atoms with Gasteiger partial charge in [0.1, 0.15) is 11.5 Å². The molecule has 0 radical (unpaired) electrons. The summed E-state index contributed by atoms with van der Waals surface area (Å²) in [5, 5.41) is 19.7. The SMILES string of the molecule is COc1ccccc1-c1nnc(-c2ccc3[nH]oc(=O)c3c2)o1.COc1ccccc1-c1nnc(-c2ccc3c(c2)c(=O)on3C)o1. The van der Waals surface area contributed by atoms with Crippen LogP contribution in [0.25, 0.3) is 67.6 Å². The van der Waals surface area contributed by atoms with Crippen LogP contribution in [0.2, 0.25) is 0 Å². The Morgan fingerprint density at radius 1 is 0.638 bits per heavy atom. The Hall–Kier alpha value is -6.70. The Morgan fingerprint density at radius 2 is 1.17 bits per heavy atom. The zero-order valence-corrected chi connectivity index (χ0v) is 25.1. The molecule has 8 aromatic rings. The molecule has 4 aromatic carbocycles. The van der Waals surface area contributed by atoms with Crippen LogP contribution < -0.4 is 20.7 Å². The standard InChI is InChI=1S/C17H13N3O4.C16H11N3O4/c1-20-13-8-7-10(9-12(13)17(21)24-20)15-18-19-16(23-15)11-5-3-4-6-14(11)22-2;1-21-13-5-3-2-4-10(13)15-18-17-14(22-15)9-6-7-12-11(8-9)16(20)23-19-12/h3-9H,1-2H3;2-8,19H,1H3. The summed E-state index contributed by atoms with van der Waals surface area (Å²) in [5.41, 5.74) is 3.17. The number of nitrogens with one attached hydrogen (secondary N) is 1. The largest absolute Gasteiger partial charge is 0.496 e. The van der Waals surface area contributed by atoms with Crippen LogP contribution >= 0.6 is 0 Å². The predicted octanol–water partition coefficient (Wildman–Crippen LogP) is 5.70. The smallest absolute Gasteiger partial charge is 0.365 e. The third-order valence-corrected chi connectivity index (χ3v) is 7.29. The van der Waals surface area contributed by atoms with Gasteiger partial charge in [0.05, 0.1) is 47.2 Å². The highest BCUT2D eigenvalue weighted by atomic mass is 16.5. The lowest BCUT2D eigenvalue weighted by Gasteiger charge is -2.03. The number of aromatic nitrogens is 6. The van der Waals surface area contributed by atoms with E-state index in [4.69, 9.17) is 27.4 Å².